The fraction of sp³-hybridized carbons (Fsp3) is 0.458. The quantitative estimate of drug-likeness (QED) is 0.298. The van der Waals surface area contributed by atoms with Gasteiger partial charge in [0.2, 0.25) is 5.82 Å². The lowest BCUT2D eigenvalue weighted by molar-refractivity contribution is -0.150. The molecule has 0 fully saturated rings. The normalized spacial score (nSPS) is 11.8. The molecule has 2 rings (SSSR count). The van der Waals surface area contributed by atoms with E-state index in [0.29, 0.717) is 17.9 Å². The maximum atomic E-state index is 14.6. The number of ether oxygens (including phenoxy) is 3. The van der Waals surface area contributed by atoms with Crippen LogP contribution < -0.4 is 9.47 Å². The molecule has 0 radical (unpaired) electrons. The standard InChI is InChI=1S/C24H30F2O4/c1-4-6-7-8-9-16-29-19-12-10-18(11-13-19)20-14-15-21(23(26)22(20)25)30-17(3)24(27)28-5-2/h10-15,17H,4-9,16H2,1-3H3. The summed E-state index contributed by atoms with van der Waals surface area (Å²) in [5.41, 5.74) is 0.626. The summed E-state index contributed by atoms with van der Waals surface area (Å²) in [4.78, 5) is 11.6. The zero-order valence-electron chi connectivity index (χ0n) is 17.9. The minimum absolute atomic E-state index is 0.106. The predicted molar refractivity (Wildman–Crippen MR) is 113 cm³/mol. The van der Waals surface area contributed by atoms with Gasteiger partial charge in [0.05, 0.1) is 13.2 Å². The van der Waals surface area contributed by atoms with Gasteiger partial charge in [0.1, 0.15) is 5.75 Å². The molecule has 1 unspecified atom stereocenters. The third kappa shape index (κ3) is 6.71. The van der Waals surface area contributed by atoms with Crippen molar-refractivity contribution in [2.75, 3.05) is 13.2 Å². The molecule has 0 amide bonds. The highest BCUT2D eigenvalue weighted by Crippen LogP contribution is 2.31. The van der Waals surface area contributed by atoms with Crippen LogP contribution in [0, 0.1) is 11.6 Å². The molecular weight excluding hydrogens is 390 g/mol. The summed E-state index contributed by atoms with van der Waals surface area (Å²) in [5.74, 6) is -2.45. The second-order valence-electron chi connectivity index (χ2n) is 7.04. The number of rotatable bonds is 12. The Morgan fingerprint density at radius 1 is 0.933 bits per heavy atom. The summed E-state index contributed by atoms with van der Waals surface area (Å²) in [6, 6.07) is 9.59. The van der Waals surface area contributed by atoms with Crippen molar-refractivity contribution < 1.29 is 27.8 Å². The van der Waals surface area contributed by atoms with Crippen LogP contribution in [0.2, 0.25) is 0 Å². The molecule has 0 saturated heterocycles. The summed E-state index contributed by atoms with van der Waals surface area (Å²) in [5, 5.41) is 0. The third-order valence-electron chi connectivity index (χ3n) is 4.65. The minimum Gasteiger partial charge on any atom is -0.494 e. The van der Waals surface area contributed by atoms with Crippen molar-refractivity contribution in [2.45, 2.75) is 59.0 Å². The molecule has 0 N–H and O–H groups in total. The first kappa shape index (κ1) is 23.6. The Balaban J connectivity index is 2.00. The molecule has 1 atom stereocenters. The molecule has 6 heteroatoms. The fourth-order valence-corrected chi connectivity index (χ4v) is 2.97. The smallest absolute Gasteiger partial charge is 0.347 e. The van der Waals surface area contributed by atoms with E-state index in [-0.39, 0.29) is 17.9 Å². The van der Waals surface area contributed by atoms with E-state index in [1.54, 1.807) is 31.2 Å². The van der Waals surface area contributed by atoms with E-state index in [0.717, 1.165) is 12.8 Å². The molecule has 0 bridgehead atoms. The van der Waals surface area contributed by atoms with E-state index in [1.165, 1.54) is 38.3 Å². The lowest BCUT2D eigenvalue weighted by atomic mass is 10.0. The van der Waals surface area contributed by atoms with Crippen molar-refractivity contribution in [3.8, 4) is 22.6 Å². The molecule has 0 aliphatic heterocycles. The molecule has 164 valence electrons. The van der Waals surface area contributed by atoms with Gasteiger partial charge in [-0.05, 0) is 50.1 Å². The molecule has 0 aromatic heterocycles. The molecule has 0 aliphatic carbocycles. The Hall–Kier alpha value is -2.63. The van der Waals surface area contributed by atoms with Crippen molar-refractivity contribution in [1.82, 2.24) is 0 Å². The number of benzene rings is 2. The van der Waals surface area contributed by atoms with Gasteiger partial charge in [-0.25, -0.2) is 9.18 Å². The van der Waals surface area contributed by atoms with Crippen LogP contribution in [0.3, 0.4) is 0 Å². The summed E-state index contributed by atoms with van der Waals surface area (Å²) in [6.07, 6.45) is 4.75. The monoisotopic (exact) mass is 420 g/mol. The topological polar surface area (TPSA) is 44.8 Å². The minimum atomic E-state index is -1.14. The van der Waals surface area contributed by atoms with E-state index in [2.05, 4.69) is 6.92 Å². The molecule has 0 heterocycles. The number of carbonyl (C=O) groups is 1. The molecule has 2 aromatic rings. The highest BCUT2D eigenvalue weighted by Gasteiger charge is 2.21. The van der Waals surface area contributed by atoms with E-state index in [9.17, 15) is 13.6 Å². The van der Waals surface area contributed by atoms with Crippen LogP contribution in [0.4, 0.5) is 8.78 Å². The van der Waals surface area contributed by atoms with Crippen LogP contribution in [0.25, 0.3) is 11.1 Å². The first-order valence-corrected chi connectivity index (χ1v) is 10.5. The SMILES string of the molecule is CCCCCCCOc1ccc(-c2ccc(OC(C)C(=O)OCC)c(F)c2F)cc1. The number of esters is 1. The lowest BCUT2D eigenvalue weighted by Crippen LogP contribution is -2.26. The molecule has 4 nitrogen and oxygen atoms in total. The van der Waals surface area contributed by atoms with Crippen molar-refractivity contribution in [3.05, 3.63) is 48.0 Å². The Morgan fingerprint density at radius 3 is 2.30 bits per heavy atom. The number of hydrogen-bond acceptors (Lipinski definition) is 4. The molecule has 0 spiro atoms. The average Bonchev–Trinajstić information content (AvgIpc) is 2.75. The summed E-state index contributed by atoms with van der Waals surface area (Å²) >= 11 is 0. The van der Waals surface area contributed by atoms with Gasteiger partial charge in [-0.15, -0.1) is 0 Å². The Labute approximate surface area is 177 Å². The largest absolute Gasteiger partial charge is 0.494 e. The van der Waals surface area contributed by atoms with Gasteiger partial charge in [0, 0.05) is 5.56 Å². The van der Waals surface area contributed by atoms with Crippen molar-refractivity contribution in [1.29, 1.82) is 0 Å². The molecule has 2 aromatic carbocycles. The summed E-state index contributed by atoms with van der Waals surface area (Å²) < 4.78 is 44.8. The first-order chi connectivity index (χ1) is 14.5. The first-order valence-electron chi connectivity index (χ1n) is 10.5. The maximum absolute atomic E-state index is 14.6. The number of hydrogen-bond donors (Lipinski definition) is 0. The maximum Gasteiger partial charge on any atom is 0.347 e. The van der Waals surface area contributed by atoms with Crippen molar-refractivity contribution >= 4 is 5.97 Å². The Bertz CT molecular complexity index is 806. The van der Waals surface area contributed by atoms with Crippen LogP contribution in [0.5, 0.6) is 11.5 Å². The van der Waals surface area contributed by atoms with Crippen LogP contribution in [-0.2, 0) is 9.53 Å². The van der Waals surface area contributed by atoms with Crippen LogP contribution in [-0.4, -0.2) is 25.3 Å². The lowest BCUT2D eigenvalue weighted by Gasteiger charge is -2.15. The highest BCUT2D eigenvalue weighted by molar-refractivity contribution is 5.74. The van der Waals surface area contributed by atoms with Crippen LogP contribution in [0.15, 0.2) is 36.4 Å². The number of unbranched alkanes of at least 4 members (excludes halogenated alkanes) is 4. The summed E-state index contributed by atoms with van der Waals surface area (Å²) in [7, 11) is 0. The van der Waals surface area contributed by atoms with E-state index < -0.39 is 23.7 Å². The van der Waals surface area contributed by atoms with Gasteiger partial charge >= 0.3 is 5.97 Å². The molecule has 0 aliphatic rings. The fourth-order valence-electron chi connectivity index (χ4n) is 2.97. The third-order valence-corrected chi connectivity index (χ3v) is 4.65. The second kappa shape index (κ2) is 12.2. The molecule has 30 heavy (non-hydrogen) atoms. The average molecular weight is 420 g/mol. The molecule has 0 saturated carbocycles. The van der Waals surface area contributed by atoms with Crippen LogP contribution >= 0.6 is 0 Å². The van der Waals surface area contributed by atoms with Gasteiger partial charge < -0.3 is 14.2 Å². The van der Waals surface area contributed by atoms with Crippen LogP contribution in [0.1, 0.15) is 52.9 Å². The van der Waals surface area contributed by atoms with Gasteiger partial charge in [-0.2, -0.15) is 4.39 Å². The van der Waals surface area contributed by atoms with Crippen molar-refractivity contribution in [3.63, 3.8) is 0 Å². The predicted octanol–water partition coefficient (Wildman–Crippen LogP) is 6.31. The van der Waals surface area contributed by atoms with Gasteiger partial charge in [0.25, 0.3) is 0 Å². The Morgan fingerprint density at radius 2 is 1.63 bits per heavy atom. The number of halogens is 2. The molecular formula is C24H30F2O4. The number of carbonyl (C=O) groups excluding carboxylic acids is 1. The van der Waals surface area contributed by atoms with Gasteiger partial charge in [0.15, 0.2) is 17.7 Å². The zero-order chi connectivity index (χ0) is 21.9. The Kier molecular flexibility index (Phi) is 9.58. The second-order valence-corrected chi connectivity index (χ2v) is 7.04. The summed E-state index contributed by atoms with van der Waals surface area (Å²) in [6.45, 7) is 6.07. The van der Waals surface area contributed by atoms with Gasteiger partial charge in [-0.1, -0.05) is 44.7 Å². The van der Waals surface area contributed by atoms with E-state index >= 15 is 0 Å². The van der Waals surface area contributed by atoms with Gasteiger partial charge in [-0.3, -0.25) is 0 Å². The van der Waals surface area contributed by atoms with E-state index in [1.807, 2.05) is 0 Å². The van der Waals surface area contributed by atoms with Crippen molar-refractivity contribution in [2.24, 2.45) is 0 Å². The van der Waals surface area contributed by atoms with E-state index in [4.69, 9.17) is 14.2 Å². The highest BCUT2D eigenvalue weighted by atomic mass is 19.2. The zero-order valence-corrected chi connectivity index (χ0v) is 17.9.